The van der Waals surface area contributed by atoms with Crippen LogP contribution < -0.4 is 10.6 Å². The summed E-state index contributed by atoms with van der Waals surface area (Å²) in [7, 11) is 0. The van der Waals surface area contributed by atoms with Crippen LogP contribution in [-0.2, 0) is 14.9 Å². The fraction of sp³-hybridized carbons (Fsp3) is 0.391. The van der Waals surface area contributed by atoms with E-state index in [0.717, 1.165) is 0 Å². The highest BCUT2D eigenvalue weighted by Gasteiger charge is 2.63. The average Bonchev–Trinajstić information content (AvgIpc) is 3.44. The summed E-state index contributed by atoms with van der Waals surface area (Å²) < 4.78 is 33.3. The first-order valence-corrected chi connectivity index (χ1v) is 10.6. The molecule has 0 spiro atoms. The Morgan fingerprint density at radius 2 is 1.87 bits per heavy atom. The van der Waals surface area contributed by atoms with Gasteiger partial charge in [0.15, 0.2) is 0 Å². The highest BCUT2D eigenvalue weighted by Crippen LogP contribution is 2.55. The van der Waals surface area contributed by atoms with Gasteiger partial charge in [-0.05, 0) is 43.2 Å². The third-order valence-corrected chi connectivity index (χ3v) is 6.08. The molecule has 2 aliphatic carbocycles. The Kier molecular flexibility index (Phi) is 5.75. The lowest BCUT2D eigenvalue weighted by atomic mass is 9.61. The number of alkyl halides is 2. The van der Waals surface area contributed by atoms with E-state index in [4.69, 9.17) is 16.3 Å². The van der Waals surface area contributed by atoms with E-state index in [2.05, 4.69) is 10.6 Å². The van der Waals surface area contributed by atoms with Gasteiger partial charge < -0.3 is 15.4 Å². The molecule has 2 amide bonds. The van der Waals surface area contributed by atoms with Crippen molar-refractivity contribution in [2.45, 2.75) is 49.7 Å². The second kappa shape index (κ2) is 8.20. The molecule has 2 aromatic rings. The molecule has 0 aromatic heterocycles. The maximum absolute atomic E-state index is 13.9. The molecule has 2 saturated carbocycles. The number of ether oxygens (including phenoxy) is 1. The first kappa shape index (κ1) is 21.7. The van der Waals surface area contributed by atoms with Gasteiger partial charge in [0.2, 0.25) is 5.91 Å². The van der Waals surface area contributed by atoms with Gasteiger partial charge in [0.25, 0.3) is 11.8 Å². The minimum atomic E-state index is -2.93. The van der Waals surface area contributed by atoms with Crippen LogP contribution in [0, 0.1) is 0 Å². The van der Waals surface area contributed by atoms with Crippen LogP contribution in [0.4, 0.5) is 14.5 Å². The normalized spacial score (nSPS) is 22.8. The minimum absolute atomic E-state index is 0.0716. The van der Waals surface area contributed by atoms with E-state index in [1.54, 1.807) is 42.5 Å². The van der Waals surface area contributed by atoms with Crippen molar-refractivity contribution in [3.8, 4) is 0 Å². The van der Waals surface area contributed by atoms with Crippen LogP contribution >= 0.6 is 11.6 Å². The molecule has 164 valence electrons. The Balaban J connectivity index is 1.52. The number of halogens is 3. The zero-order valence-corrected chi connectivity index (χ0v) is 17.7. The van der Waals surface area contributed by atoms with E-state index in [1.807, 2.05) is 6.92 Å². The van der Waals surface area contributed by atoms with Crippen LogP contribution in [0.2, 0.25) is 5.02 Å². The van der Waals surface area contributed by atoms with Crippen LogP contribution in [0.25, 0.3) is 0 Å². The van der Waals surface area contributed by atoms with Crippen molar-refractivity contribution in [2.24, 2.45) is 0 Å². The van der Waals surface area contributed by atoms with E-state index < -0.39 is 30.1 Å². The Hall–Kier alpha value is -2.51. The highest BCUT2D eigenvalue weighted by molar-refractivity contribution is 6.32. The summed E-state index contributed by atoms with van der Waals surface area (Å²) in [5.41, 5.74) is -0.167. The molecule has 0 saturated heterocycles. The number of rotatable bonds is 7. The van der Waals surface area contributed by atoms with Crippen molar-refractivity contribution in [3.05, 3.63) is 64.7 Å². The number of hydrogen-bond acceptors (Lipinski definition) is 3. The Morgan fingerprint density at radius 3 is 2.48 bits per heavy atom. The van der Waals surface area contributed by atoms with Crippen molar-refractivity contribution in [2.75, 3.05) is 11.9 Å². The van der Waals surface area contributed by atoms with Gasteiger partial charge >= 0.3 is 0 Å². The van der Waals surface area contributed by atoms with Gasteiger partial charge in [0.05, 0.1) is 17.6 Å². The van der Waals surface area contributed by atoms with E-state index in [1.165, 1.54) is 6.07 Å². The van der Waals surface area contributed by atoms with Crippen molar-refractivity contribution in [3.63, 3.8) is 0 Å². The number of hydrogen-bond donors (Lipinski definition) is 2. The molecular weight excluding hydrogens is 426 g/mol. The smallest absolute Gasteiger partial charge is 0.255 e. The Bertz CT molecular complexity index is 992. The predicted molar refractivity (Wildman–Crippen MR) is 114 cm³/mol. The van der Waals surface area contributed by atoms with Crippen LogP contribution in [0.3, 0.4) is 0 Å². The van der Waals surface area contributed by atoms with Crippen LogP contribution in [0.5, 0.6) is 0 Å². The molecule has 8 heteroatoms. The zero-order valence-electron chi connectivity index (χ0n) is 17.0. The van der Waals surface area contributed by atoms with Gasteiger partial charge in [-0.2, -0.15) is 0 Å². The number of nitrogens with one attached hydrogen (secondary N) is 2. The second-order valence-corrected chi connectivity index (χ2v) is 8.52. The SMILES string of the molecule is CCO[C@H]1C[C@H]1NC(=O)C1(c2ccc(NC(=O)c3ccccc3)cc2Cl)CC(F)(F)C1. The van der Waals surface area contributed by atoms with Crippen molar-refractivity contribution >= 4 is 29.1 Å². The number of carbonyl (C=O) groups excluding carboxylic acids is 2. The van der Waals surface area contributed by atoms with Crippen molar-refractivity contribution in [1.82, 2.24) is 5.32 Å². The average molecular weight is 449 g/mol. The van der Waals surface area contributed by atoms with Gasteiger partial charge in [-0.1, -0.05) is 35.9 Å². The van der Waals surface area contributed by atoms with E-state index >= 15 is 0 Å². The van der Waals surface area contributed by atoms with E-state index in [-0.39, 0.29) is 23.1 Å². The summed E-state index contributed by atoms with van der Waals surface area (Å²) >= 11 is 6.42. The predicted octanol–water partition coefficient (Wildman–Crippen LogP) is 4.55. The van der Waals surface area contributed by atoms with Crippen LogP contribution in [-0.4, -0.2) is 36.5 Å². The molecule has 0 radical (unpaired) electrons. The molecule has 2 N–H and O–H groups in total. The quantitative estimate of drug-likeness (QED) is 0.652. The third-order valence-electron chi connectivity index (χ3n) is 5.76. The fourth-order valence-corrected chi connectivity index (χ4v) is 4.47. The molecule has 2 aliphatic rings. The molecule has 5 nitrogen and oxygen atoms in total. The Morgan fingerprint density at radius 1 is 1.16 bits per heavy atom. The van der Waals surface area contributed by atoms with Crippen LogP contribution in [0.1, 0.15) is 42.1 Å². The van der Waals surface area contributed by atoms with Gasteiger partial charge in [-0.15, -0.1) is 0 Å². The summed E-state index contributed by atoms with van der Waals surface area (Å²) in [5.74, 6) is -3.71. The zero-order chi connectivity index (χ0) is 22.2. The lowest BCUT2D eigenvalue weighted by Crippen LogP contribution is -2.59. The molecule has 0 aliphatic heterocycles. The van der Waals surface area contributed by atoms with Crippen LogP contribution in [0.15, 0.2) is 48.5 Å². The number of amides is 2. The summed E-state index contributed by atoms with van der Waals surface area (Å²) in [6.45, 7) is 2.39. The van der Waals surface area contributed by atoms with Gasteiger partial charge in [0.1, 0.15) is 0 Å². The summed E-state index contributed by atoms with van der Waals surface area (Å²) in [6, 6.07) is 13.1. The topological polar surface area (TPSA) is 67.4 Å². The molecule has 31 heavy (non-hydrogen) atoms. The molecule has 2 atom stereocenters. The van der Waals surface area contributed by atoms with Gasteiger partial charge in [0, 0.05) is 35.7 Å². The molecule has 4 rings (SSSR count). The minimum Gasteiger partial charge on any atom is -0.376 e. The third kappa shape index (κ3) is 4.43. The molecule has 2 fully saturated rings. The number of carbonyl (C=O) groups is 2. The maximum atomic E-state index is 13.9. The van der Waals surface area contributed by atoms with Crippen molar-refractivity contribution in [1.29, 1.82) is 0 Å². The molecule has 0 heterocycles. The van der Waals surface area contributed by atoms with Gasteiger partial charge in [-0.3, -0.25) is 9.59 Å². The van der Waals surface area contributed by atoms with E-state index in [9.17, 15) is 18.4 Å². The fourth-order valence-electron chi connectivity index (χ4n) is 4.11. The summed E-state index contributed by atoms with van der Waals surface area (Å²) in [4.78, 5) is 25.4. The summed E-state index contributed by atoms with van der Waals surface area (Å²) in [6.07, 6.45) is -0.609. The largest absolute Gasteiger partial charge is 0.376 e. The first-order chi connectivity index (χ1) is 14.7. The number of benzene rings is 2. The second-order valence-electron chi connectivity index (χ2n) is 8.12. The maximum Gasteiger partial charge on any atom is 0.255 e. The standard InChI is InChI=1S/C23H23ClF2N2O3/c1-2-31-19-11-18(19)28-21(30)22(12-23(25,26)13-22)16-9-8-15(10-17(16)24)27-20(29)14-6-4-3-5-7-14/h3-10,18-19H,2,11-13H2,1H3,(H,27,29)(H,28,30)/t18-,19+/m1/s1. The first-order valence-electron chi connectivity index (χ1n) is 10.2. The lowest BCUT2D eigenvalue weighted by molar-refractivity contribution is -0.159. The lowest BCUT2D eigenvalue weighted by Gasteiger charge is -2.46. The molecular formula is C23H23ClF2N2O3. The number of anilines is 1. The van der Waals surface area contributed by atoms with E-state index in [0.29, 0.717) is 29.8 Å². The Labute approximate surface area is 184 Å². The molecule has 2 aromatic carbocycles. The van der Waals surface area contributed by atoms with Crippen molar-refractivity contribution < 1.29 is 23.1 Å². The molecule has 0 bridgehead atoms. The summed E-state index contributed by atoms with van der Waals surface area (Å²) in [5, 5.41) is 5.73. The monoisotopic (exact) mass is 448 g/mol. The molecule has 0 unspecified atom stereocenters. The van der Waals surface area contributed by atoms with Gasteiger partial charge in [-0.25, -0.2) is 8.78 Å². The highest BCUT2D eigenvalue weighted by atomic mass is 35.5.